The highest BCUT2D eigenvalue weighted by molar-refractivity contribution is 5.89. The lowest BCUT2D eigenvalue weighted by molar-refractivity contribution is 0.195. The van der Waals surface area contributed by atoms with E-state index in [9.17, 15) is 14.0 Å². The van der Waals surface area contributed by atoms with E-state index in [1.165, 1.54) is 24.3 Å². The molecule has 1 aromatic carbocycles. The SMILES string of the molecule is O=C(O)NCCNc1cc(=O)oc2ccc(F)cc12. The van der Waals surface area contributed by atoms with Crippen LogP contribution in [0.2, 0.25) is 0 Å². The molecule has 0 spiro atoms. The normalized spacial score (nSPS) is 10.4. The first-order valence-corrected chi connectivity index (χ1v) is 5.50. The predicted octanol–water partition coefficient (Wildman–Crippen LogP) is 1.61. The maximum atomic E-state index is 13.2. The van der Waals surface area contributed by atoms with Gasteiger partial charge in [-0.05, 0) is 18.2 Å². The Balaban J connectivity index is 2.23. The molecule has 0 aliphatic heterocycles. The predicted molar refractivity (Wildman–Crippen MR) is 67.0 cm³/mol. The van der Waals surface area contributed by atoms with Crippen molar-refractivity contribution in [2.45, 2.75) is 0 Å². The summed E-state index contributed by atoms with van der Waals surface area (Å²) in [5.41, 5.74) is 0.105. The van der Waals surface area contributed by atoms with Gasteiger partial charge in [0.1, 0.15) is 11.4 Å². The van der Waals surface area contributed by atoms with E-state index in [1.807, 2.05) is 0 Å². The lowest BCUT2D eigenvalue weighted by atomic mass is 10.2. The molecule has 0 aliphatic rings. The number of anilines is 1. The zero-order valence-electron chi connectivity index (χ0n) is 9.77. The number of rotatable bonds is 4. The molecule has 3 N–H and O–H groups in total. The fourth-order valence-corrected chi connectivity index (χ4v) is 1.65. The summed E-state index contributed by atoms with van der Waals surface area (Å²) < 4.78 is 18.1. The van der Waals surface area contributed by atoms with Crippen LogP contribution in [0.3, 0.4) is 0 Å². The van der Waals surface area contributed by atoms with Crippen molar-refractivity contribution in [2.24, 2.45) is 0 Å². The van der Waals surface area contributed by atoms with E-state index in [2.05, 4.69) is 10.6 Å². The molecule has 0 radical (unpaired) electrons. The Morgan fingerprint density at radius 2 is 2.11 bits per heavy atom. The second-order valence-electron chi connectivity index (χ2n) is 3.78. The van der Waals surface area contributed by atoms with Crippen LogP contribution >= 0.6 is 0 Å². The lowest BCUT2D eigenvalue weighted by Gasteiger charge is -2.08. The first-order chi connectivity index (χ1) is 9.06. The van der Waals surface area contributed by atoms with Crippen molar-refractivity contribution in [3.63, 3.8) is 0 Å². The van der Waals surface area contributed by atoms with Gasteiger partial charge >= 0.3 is 11.7 Å². The van der Waals surface area contributed by atoms with Gasteiger partial charge in [-0.1, -0.05) is 0 Å². The Bertz CT molecular complexity index is 668. The first-order valence-electron chi connectivity index (χ1n) is 5.50. The molecule has 0 saturated carbocycles. The van der Waals surface area contributed by atoms with Crippen molar-refractivity contribution in [3.8, 4) is 0 Å². The number of carbonyl (C=O) groups is 1. The molecule has 6 nitrogen and oxygen atoms in total. The monoisotopic (exact) mass is 266 g/mol. The molecule has 0 saturated heterocycles. The van der Waals surface area contributed by atoms with Crippen molar-refractivity contribution in [1.82, 2.24) is 5.32 Å². The first kappa shape index (κ1) is 12.9. The van der Waals surface area contributed by atoms with Gasteiger partial charge < -0.3 is 20.2 Å². The summed E-state index contributed by atoms with van der Waals surface area (Å²) >= 11 is 0. The molecule has 1 amide bonds. The number of carboxylic acid groups (broad SMARTS) is 1. The molecular weight excluding hydrogens is 255 g/mol. The summed E-state index contributed by atoms with van der Waals surface area (Å²) in [5, 5.41) is 13.9. The van der Waals surface area contributed by atoms with Crippen molar-refractivity contribution in [3.05, 3.63) is 40.5 Å². The molecule has 0 aliphatic carbocycles. The van der Waals surface area contributed by atoms with Gasteiger partial charge in [-0.25, -0.2) is 14.0 Å². The number of nitrogens with one attached hydrogen (secondary N) is 2. The molecule has 0 bridgehead atoms. The minimum absolute atomic E-state index is 0.159. The Hall–Kier alpha value is -2.57. The van der Waals surface area contributed by atoms with Crippen molar-refractivity contribution in [2.75, 3.05) is 18.4 Å². The van der Waals surface area contributed by atoms with Crippen LogP contribution in [-0.2, 0) is 0 Å². The number of fused-ring (bicyclic) bond motifs is 1. The average molecular weight is 266 g/mol. The van der Waals surface area contributed by atoms with E-state index in [0.29, 0.717) is 11.1 Å². The molecule has 0 unspecified atom stereocenters. The van der Waals surface area contributed by atoms with Crippen LogP contribution in [0, 0.1) is 5.82 Å². The number of hydrogen-bond acceptors (Lipinski definition) is 4. The van der Waals surface area contributed by atoms with Gasteiger partial charge in [0.05, 0.1) is 5.69 Å². The molecule has 0 atom stereocenters. The van der Waals surface area contributed by atoms with Crippen LogP contribution < -0.4 is 16.3 Å². The van der Waals surface area contributed by atoms with Crippen LogP contribution in [0.5, 0.6) is 0 Å². The van der Waals surface area contributed by atoms with Gasteiger partial charge in [0.2, 0.25) is 0 Å². The van der Waals surface area contributed by atoms with E-state index in [1.54, 1.807) is 0 Å². The highest BCUT2D eigenvalue weighted by Gasteiger charge is 2.06. The zero-order chi connectivity index (χ0) is 13.8. The van der Waals surface area contributed by atoms with E-state index in [0.717, 1.165) is 0 Å². The second kappa shape index (κ2) is 5.38. The van der Waals surface area contributed by atoms with E-state index in [-0.39, 0.29) is 18.7 Å². The van der Waals surface area contributed by atoms with Crippen LogP contribution in [0.1, 0.15) is 0 Å². The zero-order valence-corrected chi connectivity index (χ0v) is 9.77. The Kier molecular flexibility index (Phi) is 3.65. The molecule has 2 rings (SSSR count). The summed E-state index contributed by atoms with van der Waals surface area (Å²) in [6, 6.07) is 5.00. The molecule has 2 aromatic rings. The second-order valence-corrected chi connectivity index (χ2v) is 3.78. The van der Waals surface area contributed by atoms with Crippen molar-refractivity contribution >= 4 is 22.7 Å². The fourth-order valence-electron chi connectivity index (χ4n) is 1.65. The molecule has 1 aromatic heterocycles. The van der Waals surface area contributed by atoms with Gasteiger partial charge in [-0.2, -0.15) is 0 Å². The van der Waals surface area contributed by atoms with Crippen LogP contribution in [0.15, 0.2) is 33.5 Å². The Morgan fingerprint density at radius 1 is 1.32 bits per heavy atom. The van der Waals surface area contributed by atoms with Crippen molar-refractivity contribution in [1.29, 1.82) is 0 Å². The summed E-state index contributed by atoms with van der Waals surface area (Å²) in [4.78, 5) is 21.6. The summed E-state index contributed by atoms with van der Waals surface area (Å²) in [7, 11) is 0. The van der Waals surface area contributed by atoms with Crippen LogP contribution in [0.4, 0.5) is 14.9 Å². The topological polar surface area (TPSA) is 91.6 Å². The number of amides is 1. The van der Waals surface area contributed by atoms with Gasteiger partial charge in [0, 0.05) is 24.5 Å². The summed E-state index contributed by atoms with van der Waals surface area (Å²) in [6.45, 7) is 0.424. The fraction of sp³-hybridized carbons (Fsp3) is 0.167. The van der Waals surface area contributed by atoms with Gasteiger partial charge in [-0.3, -0.25) is 0 Å². The van der Waals surface area contributed by atoms with E-state index >= 15 is 0 Å². The van der Waals surface area contributed by atoms with Crippen LogP contribution in [-0.4, -0.2) is 24.3 Å². The van der Waals surface area contributed by atoms with Gasteiger partial charge in [0.15, 0.2) is 0 Å². The largest absolute Gasteiger partial charge is 0.465 e. The number of halogens is 1. The van der Waals surface area contributed by atoms with Crippen molar-refractivity contribution < 1.29 is 18.7 Å². The quantitative estimate of drug-likeness (QED) is 0.577. The molecular formula is C12H11FN2O4. The smallest absolute Gasteiger partial charge is 0.404 e. The minimum atomic E-state index is -1.13. The molecule has 0 fully saturated rings. The highest BCUT2D eigenvalue weighted by Crippen LogP contribution is 2.22. The third kappa shape index (κ3) is 3.21. The number of benzene rings is 1. The Morgan fingerprint density at radius 3 is 2.84 bits per heavy atom. The molecule has 7 heteroatoms. The summed E-state index contributed by atoms with van der Waals surface area (Å²) in [5.74, 6) is -0.451. The molecule has 19 heavy (non-hydrogen) atoms. The standard InChI is InChI=1S/C12H11FN2O4/c13-7-1-2-10-8(5-7)9(6-11(16)19-10)14-3-4-15-12(17)18/h1-2,5-6,14-15H,3-4H2,(H,17,18). The van der Waals surface area contributed by atoms with Crippen LogP contribution in [0.25, 0.3) is 11.0 Å². The van der Waals surface area contributed by atoms with Gasteiger partial charge in [-0.15, -0.1) is 0 Å². The third-order valence-electron chi connectivity index (χ3n) is 2.42. The molecule has 1 heterocycles. The molecule has 100 valence electrons. The summed E-state index contributed by atoms with van der Waals surface area (Å²) in [6.07, 6.45) is -1.13. The van der Waals surface area contributed by atoms with Gasteiger partial charge in [0.25, 0.3) is 0 Å². The maximum absolute atomic E-state index is 13.2. The third-order valence-corrected chi connectivity index (χ3v) is 2.42. The average Bonchev–Trinajstić information content (AvgIpc) is 2.35. The highest BCUT2D eigenvalue weighted by atomic mass is 19.1. The van der Waals surface area contributed by atoms with E-state index in [4.69, 9.17) is 9.52 Å². The number of hydrogen-bond donors (Lipinski definition) is 3. The lowest BCUT2D eigenvalue weighted by Crippen LogP contribution is -2.27. The minimum Gasteiger partial charge on any atom is -0.465 e. The Labute approximate surface area is 106 Å². The van der Waals surface area contributed by atoms with E-state index < -0.39 is 17.5 Å². The maximum Gasteiger partial charge on any atom is 0.404 e.